The Morgan fingerprint density at radius 3 is 2.26 bits per heavy atom. The Labute approximate surface area is 299 Å². The van der Waals surface area contributed by atoms with Crippen molar-refractivity contribution in [2.45, 2.75) is 84.2 Å². The van der Waals surface area contributed by atoms with E-state index >= 15 is 0 Å². The van der Waals surface area contributed by atoms with Gasteiger partial charge in [-0.25, -0.2) is 4.98 Å². The van der Waals surface area contributed by atoms with Gasteiger partial charge in [-0.3, -0.25) is 14.4 Å². The van der Waals surface area contributed by atoms with E-state index in [0.29, 0.717) is 39.1 Å². The van der Waals surface area contributed by atoms with Gasteiger partial charge < -0.3 is 44.9 Å². The topological polar surface area (TPSA) is 161 Å². The summed E-state index contributed by atoms with van der Waals surface area (Å²) in [6, 6.07) is 5.80. The van der Waals surface area contributed by atoms with Crippen LogP contribution in [0.4, 0.5) is 0 Å². The number of aryl methyl sites for hydroxylation is 1. The van der Waals surface area contributed by atoms with Gasteiger partial charge in [0.15, 0.2) is 0 Å². The minimum Gasteiger partial charge on any atom is -0.391 e. The number of nitrogens with zero attached hydrogens (tertiary/aromatic N) is 2. The summed E-state index contributed by atoms with van der Waals surface area (Å²) in [5.41, 5.74) is 4.08. The second-order valence-corrected chi connectivity index (χ2v) is 14.8. The Kier molecular flexibility index (Phi) is 15.6. The lowest BCUT2D eigenvalue weighted by molar-refractivity contribution is -0.144. The van der Waals surface area contributed by atoms with Gasteiger partial charge in [0, 0.05) is 13.0 Å². The van der Waals surface area contributed by atoms with Gasteiger partial charge in [0.1, 0.15) is 18.7 Å². The Balaban J connectivity index is 1.18. The standard InChI is InChI=1S/C36H55N5O8S/c1-24(26-6-8-27(9-7-26)32-25(2)38-23-50-32)39-34(44)30-20-28(42)21-41(30)35(45)33(36(3,4)5)40-31(43)22-48-17-16-46-14-15-47-18-19-49-29-10-12-37-13-11-29/h6-9,23-24,28-30,33,37,42H,10-22H2,1-5H3,(H,39,44)(H,40,43)/t24-,28+,30-,33+/m0/s1. The average molecular weight is 718 g/mol. The van der Waals surface area contributed by atoms with Gasteiger partial charge in [0.25, 0.3) is 0 Å². The summed E-state index contributed by atoms with van der Waals surface area (Å²) in [6.45, 7) is 13.5. The average Bonchev–Trinajstić information content (AvgIpc) is 3.71. The van der Waals surface area contributed by atoms with Crippen molar-refractivity contribution in [1.82, 2.24) is 25.8 Å². The predicted molar refractivity (Wildman–Crippen MR) is 191 cm³/mol. The fourth-order valence-corrected chi connectivity index (χ4v) is 6.87. The van der Waals surface area contributed by atoms with Crippen molar-refractivity contribution in [2.75, 3.05) is 65.9 Å². The number of hydrogen-bond donors (Lipinski definition) is 4. The van der Waals surface area contributed by atoms with E-state index < -0.39 is 35.4 Å². The summed E-state index contributed by atoms with van der Waals surface area (Å²) in [6.07, 6.45) is 1.62. The van der Waals surface area contributed by atoms with Crippen molar-refractivity contribution in [3.05, 3.63) is 41.0 Å². The summed E-state index contributed by atoms with van der Waals surface area (Å²) < 4.78 is 22.4. The Morgan fingerprint density at radius 2 is 1.64 bits per heavy atom. The SMILES string of the molecule is Cc1ncsc1-c1ccc([C@H](C)NC(=O)[C@@H]2C[C@@H](O)CN2C(=O)[C@@H](NC(=O)COCCOCCOCCOC2CCNCC2)C(C)(C)C)cc1. The van der Waals surface area contributed by atoms with Crippen LogP contribution in [-0.2, 0) is 33.3 Å². The molecule has 2 aliphatic heterocycles. The monoisotopic (exact) mass is 717 g/mol. The number of likely N-dealkylation sites (tertiary alicyclic amines) is 1. The molecule has 1 aromatic heterocycles. The first-order chi connectivity index (χ1) is 23.9. The van der Waals surface area contributed by atoms with Crippen LogP contribution in [0.5, 0.6) is 0 Å². The van der Waals surface area contributed by atoms with Crippen molar-refractivity contribution < 1.29 is 38.4 Å². The van der Waals surface area contributed by atoms with Crippen LogP contribution >= 0.6 is 11.3 Å². The van der Waals surface area contributed by atoms with Crippen LogP contribution in [0, 0.1) is 12.3 Å². The highest BCUT2D eigenvalue weighted by Crippen LogP contribution is 2.29. The zero-order valence-corrected chi connectivity index (χ0v) is 30.9. The molecule has 0 unspecified atom stereocenters. The molecule has 2 aromatic rings. The maximum atomic E-state index is 13.9. The largest absolute Gasteiger partial charge is 0.391 e. The first-order valence-electron chi connectivity index (χ1n) is 17.6. The number of aliphatic hydroxyl groups is 1. The van der Waals surface area contributed by atoms with Crippen LogP contribution in [0.2, 0.25) is 0 Å². The van der Waals surface area contributed by atoms with E-state index in [1.54, 1.807) is 11.3 Å². The summed E-state index contributed by atoms with van der Waals surface area (Å²) >= 11 is 1.58. The third-order valence-corrected chi connectivity index (χ3v) is 9.88. The van der Waals surface area contributed by atoms with Crippen LogP contribution in [0.15, 0.2) is 29.8 Å². The molecule has 2 aliphatic rings. The van der Waals surface area contributed by atoms with E-state index in [9.17, 15) is 19.5 Å². The molecule has 0 saturated carbocycles. The Bertz CT molecular complexity index is 1360. The van der Waals surface area contributed by atoms with Crippen molar-refractivity contribution in [2.24, 2.45) is 5.41 Å². The van der Waals surface area contributed by atoms with Gasteiger partial charge in [-0.15, -0.1) is 11.3 Å². The molecule has 4 rings (SSSR count). The second-order valence-electron chi connectivity index (χ2n) is 14.0. The number of carbonyl (C=O) groups excluding carboxylic acids is 3. The molecule has 4 atom stereocenters. The molecule has 2 fully saturated rings. The molecule has 14 heteroatoms. The molecule has 4 N–H and O–H groups in total. The third kappa shape index (κ3) is 12.1. The summed E-state index contributed by atoms with van der Waals surface area (Å²) in [7, 11) is 0. The Morgan fingerprint density at radius 1 is 1.00 bits per heavy atom. The van der Waals surface area contributed by atoms with Crippen LogP contribution in [0.1, 0.15) is 64.3 Å². The minimum atomic E-state index is -0.938. The van der Waals surface area contributed by atoms with Crippen molar-refractivity contribution in [3.63, 3.8) is 0 Å². The molecule has 0 radical (unpaired) electrons. The van der Waals surface area contributed by atoms with Gasteiger partial charge in [0.05, 0.1) is 74.0 Å². The predicted octanol–water partition coefficient (Wildman–Crippen LogP) is 2.61. The molecule has 3 amide bonds. The van der Waals surface area contributed by atoms with Crippen molar-refractivity contribution in [3.8, 4) is 10.4 Å². The Hall–Kier alpha value is -2.98. The molecule has 0 aliphatic carbocycles. The molecule has 1 aromatic carbocycles. The zero-order chi connectivity index (χ0) is 36.1. The number of rotatable bonds is 18. The molecule has 50 heavy (non-hydrogen) atoms. The van der Waals surface area contributed by atoms with Gasteiger partial charge in [-0.2, -0.15) is 0 Å². The molecule has 278 valence electrons. The van der Waals surface area contributed by atoms with E-state index in [4.69, 9.17) is 18.9 Å². The van der Waals surface area contributed by atoms with Gasteiger partial charge in [-0.05, 0) is 56.3 Å². The van der Waals surface area contributed by atoms with E-state index in [-0.39, 0.29) is 38.1 Å². The highest BCUT2D eigenvalue weighted by molar-refractivity contribution is 7.13. The zero-order valence-electron chi connectivity index (χ0n) is 30.1. The highest BCUT2D eigenvalue weighted by atomic mass is 32.1. The number of thiazole rings is 1. The first kappa shape index (κ1) is 39.8. The van der Waals surface area contributed by atoms with Crippen molar-refractivity contribution in [1.29, 1.82) is 0 Å². The van der Waals surface area contributed by atoms with E-state index in [2.05, 4.69) is 20.9 Å². The number of aliphatic hydroxyl groups excluding tert-OH is 1. The molecule has 3 heterocycles. The van der Waals surface area contributed by atoms with E-state index in [1.165, 1.54) is 4.90 Å². The number of piperidine rings is 1. The van der Waals surface area contributed by atoms with Crippen LogP contribution in [-0.4, -0.2) is 123 Å². The molecule has 0 spiro atoms. The number of benzene rings is 1. The minimum absolute atomic E-state index is 0.000537. The number of β-amino-alcohol motifs (C(OH)–C–C–N with tert-alkyl or cyclic N) is 1. The number of amides is 3. The third-order valence-electron chi connectivity index (χ3n) is 8.90. The first-order valence-corrected chi connectivity index (χ1v) is 18.5. The van der Waals surface area contributed by atoms with Crippen LogP contribution in [0.3, 0.4) is 0 Å². The van der Waals surface area contributed by atoms with E-state index in [0.717, 1.165) is 47.6 Å². The lowest BCUT2D eigenvalue weighted by atomic mass is 9.85. The quantitative estimate of drug-likeness (QED) is 0.169. The van der Waals surface area contributed by atoms with Crippen molar-refractivity contribution >= 4 is 29.1 Å². The fourth-order valence-electron chi connectivity index (χ4n) is 6.06. The normalized spacial score (nSPS) is 19.7. The summed E-state index contributed by atoms with van der Waals surface area (Å²) in [5, 5.41) is 19.7. The number of nitrogens with one attached hydrogen (secondary N) is 3. The second kappa shape index (κ2) is 19.6. The van der Waals surface area contributed by atoms with Crippen LogP contribution < -0.4 is 16.0 Å². The molecular formula is C36H55N5O8S. The smallest absolute Gasteiger partial charge is 0.246 e. The molecule has 13 nitrogen and oxygen atoms in total. The maximum absolute atomic E-state index is 13.9. The fraction of sp³-hybridized carbons (Fsp3) is 0.667. The number of carbonyl (C=O) groups is 3. The van der Waals surface area contributed by atoms with Crippen LogP contribution in [0.25, 0.3) is 10.4 Å². The lowest BCUT2D eigenvalue weighted by Crippen LogP contribution is -2.58. The van der Waals surface area contributed by atoms with E-state index in [1.807, 2.05) is 64.4 Å². The maximum Gasteiger partial charge on any atom is 0.246 e. The number of hydrogen-bond acceptors (Lipinski definition) is 11. The molecule has 0 bridgehead atoms. The van der Waals surface area contributed by atoms with Gasteiger partial charge in [-0.1, -0.05) is 45.0 Å². The summed E-state index contributed by atoms with van der Waals surface area (Å²) in [4.78, 5) is 47.0. The number of aromatic nitrogens is 1. The molecule has 2 saturated heterocycles. The molecular weight excluding hydrogens is 662 g/mol. The van der Waals surface area contributed by atoms with Gasteiger partial charge >= 0.3 is 0 Å². The lowest BCUT2D eigenvalue weighted by Gasteiger charge is -2.35. The van der Waals surface area contributed by atoms with Gasteiger partial charge in [0.2, 0.25) is 17.7 Å². The highest BCUT2D eigenvalue weighted by Gasteiger charge is 2.44. The summed E-state index contributed by atoms with van der Waals surface area (Å²) in [5.74, 6) is -1.24. The number of ether oxygens (including phenoxy) is 4.